The molecule has 60 heavy (non-hydrogen) atoms. The Morgan fingerprint density at radius 1 is 0.383 bits per heavy atom. The molecule has 0 amide bonds. The van der Waals surface area contributed by atoms with Gasteiger partial charge in [-0.15, -0.1) is 0 Å². The fourth-order valence-corrected chi connectivity index (χ4v) is 10.9. The molecule has 12 rings (SSSR count). The highest BCUT2D eigenvalue weighted by Crippen LogP contribution is 2.56. The molecule has 0 radical (unpaired) electrons. The number of hydrogen-bond donors (Lipinski definition) is 0. The summed E-state index contributed by atoms with van der Waals surface area (Å²) in [7, 11) is 0. The van der Waals surface area contributed by atoms with Gasteiger partial charge in [0.1, 0.15) is 0 Å². The molecule has 0 aliphatic heterocycles. The highest BCUT2D eigenvalue weighted by molar-refractivity contribution is 6.10. The largest absolute Gasteiger partial charge is 0.310 e. The lowest BCUT2D eigenvalue weighted by Crippen LogP contribution is -2.16. The molecule has 0 unspecified atom stereocenters. The van der Waals surface area contributed by atoms with E-state index in [2.05, 4.69) is 231 Å². The van der Waals surface area contributed by atoms with Crippen molar-refractivity contribution >= 4 is 49.6 Å². The van der Waals surface area contributed by atoms with Crippen LogP contribution in [0.3, 0.4) is 0 Å². The van der Waals surface area contributed by atoms with Crippen molar-refractivity contribution in [2.45, 2.75) is 38.5 Å². The minimum Gasteiger partial charge on any atom is -0.310 e. The van der Waals surface area contributed by atoms with Gasteiger partial charge in [0.15, 0.2) is 0 Å². The maximum absolute atomic E-state index is 2.52. The third-order valence-corrected chi connectivity index (χ3v) is 13.8. The quantitative estimate of drug-likeness (QED) is 0.169. The van der Waals surface area contributed by atoms with Gasteiger partial charge in [-0.05, 0) is 115 Å². The van der Waals surface area contributed by atoms with Gasteiger partial charge in [0, 0.05) is 44.2 Å². The van der Waals surface area contributed by atoms with Crippen LogP contribution in [0.2, 0.25) is 0 Å². The number of anilines is 3. The van der Waals surface area contributed by atoms with E-state index in [4.69, 9.17) is 0 Å². The zero-order valence-electron chi connectivity index (χ0n) is 34.4. The first kappa shape index (κ1) is 34.8. The summed E-state index contributed by atoms with van der Waals surface area (Å²) in [5.74, 6) is 0. The van der Waals surface area contributed by atoms with Gasteiger partial charge in [-0.25, -0.2) is 0 Å². The predicted octanol–water partition coefficient (Wildman–Crippen LogP) is 15.7. The summed E-state index contributed by atoms with van der Waals surface area (Å²) in [6.07, 6.45) is 0. The van der Waals surface area contributed by atoms with Crippen molar-refractivity contribution in [2.75, 3.05) is 4.90 Å². The number of aromatic nitrogens is 1. The summed E-state index contributed by atoms with van der Waals surface area (Å²) < 4.78 is 2.42. The van der Waals surface area contributed by atoms with E-state index in [1.165, 1.54) is 93.9 Å². The van der Waals surface area contributed by atoms with Crippen LogP contribution in [0.25, 0.3) is 71.6 Å². The van der Waals surface area contributed by atoms with Gasteiger partial charge in [-0.3, -0.25) is 0 Å². The summed E-state index contributed by atoms with van der Waals surface area (Å²) in [6.45, 7) is 9.46. The predicted molar refractivity (Wildman–Crippen MR) is 254 cm³/mol. The third-order valence-electron chi connectivity index (χ3n) is 13.8. The number of hydrogen-bond acceptors (Lipinski definition) is 1. The van der Waals surface area contributed by atoms with Crippen molar-refractivity contribution in [3.8, 4) is 39.1 Å². The lowest BCUT2D eigenvalue weighted by molar-refractivity contribution is 0.660. The molecular weight excluding hydrogens is 725 g/mol. The fourth-order valence-electron chi connectivity index (χ4n) is 10.9. The van der Waals surface area contributed by atoms with Crippen molar-refractivity contribution in [3.63, 3.8) is 0 Å². The van der Waals surface area contributed by atoms with Crippen LogP contribution in [0.4, 0.5) is 17.1 Å². The first-order valence-electron chi connectivity index (χ1n) is 21.2. The molecule has 9 aromatic carbocycles. The third kappa shape index (κ3) is 4.88. The van der Waals surface area contributed by atoms with E-state index in [1.807, 2.05) is 0 Å². The molecule has 0 saturated carbocycles. The molecule has 0 bridgehead atoms. The van der Waals surface area contributed by atoms with Crippen LogP contribution < -0.4 is 4.90 Å². The highest BCUT2D eigenvalue weighted by Gasteiger charge is 2.39. The van der Waals surface area contributed by atoms with Gasteiger partial charge in [0.05, 0.1) is 16.7 Å². The van der Waals surface area contributed by atoms with Gasteiger partial charge >= 0.3 is 0 Å². The van der Waals surface area contributed by atoms with Gasteiger partial charge in [-0.2, -0.15) is 0 Å². The lowest BCUT2D eigenvalue weighted by atomic mass is 9.82. The Kier molecular flexibility index (Phi) is 7.36. The van der Waals surface area contributed by atoms with Crippen LogP contribution in [-0.2, 0) is 10.8 Å². The molecule has 1 aromatic heterocycles. The SMILES string of the molecule is CC1(C)c2ccccc2-c2cc(N(c3cccc(-c4cccc5ccc(-n6c7ccccc7c7ccccc76)cc45)c3)c3cccc4c3-c3ccccc3C4(C)C)ccc21. The van der Waals surface area contributed by atoms with E-state index in [9.17, 15) is 0 Å². The average molecular weight is 769 g/mol. The monoisotopic (exact) mass is 768 g/mol. The van der Waals surface area contributed by atoms with Crippen molar-refractivity contribution in [1.82, 2.24) is 4.57 Å². The molecule has 2 nitrogen and oxygen atoms in total. The van der Waals surface area contributed by atoms with Crippen LogP contribution in [0.1, 0.15) is 49.9 Å². The number of fused-ring (bicyclic) bond motifs is 10. The fraction of sp³-hybridized carbons (Fsp3) is 0.103. The molecule has 286 valence electrons. The molecule has 2 aliphatic carbocycles. The first-order valence-corrected chi connectivity index (χ1v) is 21.2. The highest BCUT2D eigenvalue weighted by atomic mass is 15.1. The number of rotatable bonds is 5. The zero-order chi connectivity index (χ0) is 40.3. The van der Waals surface area contributed by atoms with Crippen molar-refractivity contribution in [1.29, 1.82) is 0 Å². The molecule has 0 N–H and O–H groups in total. The topological polar surface area (TPSA) is 8.17 Å². The van der Waals surface area contributed by atoms with Crippen LogP contribution in [0.5, 0.6) is 0 Å². The Balaban J connectivity index is 1.07. The van der Waals surface area contributed by atoms with Gasteiger partial charge in [-0.1, -0.05) is 167 Å². The minimum atomic E-state index is -0.118. The van der Waals surface area contributed by atoms with Gasteiger partial charge < -0.3 is 9.47 Å². The maximum Gasteiger partial charge on any atom is 0.0543 e. The molecule has 2 heteroatoms. The van der Waals surface area contributed by atoms with Crippen molar-refractivity contribution in [2.24, 2.45) is 0 Å². The summed E-state index contributed by atoms with van der Waals surface area (Å²) in [4.78, 5) is 2.52. The second kappa shape index (κ2) is 12.7. The molecule has 0 spiro atoms. The lowest BCUT2D eigenvalue weighted by Gasteiger charge is -2.30. The summed E-state index contributed by atoms with van der Waals surface area (Å²) in [6, 6.07) is 72.4. The van der Waals surface area contributed by atoms with Crippen LogP contribution in [0.15, 0.2) is 194 Å². The molecule has 0 fully saturated rings. The van der Waals surface area contributed by atoms with E-state index in [0.29, 0.717) is 0 Å². The molecule has 0 atom stereocenters. The average Bonchev–Trinajstić information content (AvgIpc) is 3.83. The van der Waals surface area contributed by atoms with Crippen LogP contribution in [0, 0.1) is 0 Å². The Morgan fingerprint density at radius 3 is 1.75 bits per heavy atom. The standard InChI is InChI=1S/C58H44N2/c1-57(2)49-24-9-5-19-43(49)48-36-40(32-33-51(48)57)59(55-29-15-26-52-56(55)46-22-6-10-25-50(46)58(52,3)4)39-18-13-17-38(34-39)42-23-14-16-37-30-31-41(35-47(37)42)60-53-27-11-7-20-44(53)45-21-8-12-28-54(45)60/h5-36H,1-4H3. The first-order chi connectivity index (χ1) is 29.3. The minimum absolute atomic E-state index is 0.0708. The number of benzene rings is 9. The number of para-hydroxylation sites is 2. The zero-order valence-corrected chi connectivity index (χ0v) is 34.4. The summed E-state index contributed by atoms with van der Waals surface area (Å²) >= 11 is 0. The van der Waals surface area contributed by atoms with Crippen LogP contribution >= 0.6 is 0 Å². The molecule has 10 aromatic rings. The van der Waals surface area contributed by atoms with Crippen molar-refractivity contribution in [3.05, 3.63) is 216 Å². The Morgan fingerprint density at radius 2 is 0.967 bits per heavy atom. The normalized spacial score (nSPS) is 14.3. The van der Waals surface area contributed by atoms with E-state index in [0.717, 1.165) is 17.1 Å². The van der Waals surface area contributed by atoms with E-state index < -0.39 is 0 Å². The Hall–Kier alpha value is -7.16. The molecule has 2 aliphatic rings. The van der Waals surface area contributed by atoms with E-state index >= 15 is 0 Å². The van der Waals surface area contributed by atoms with Crippen molar-refractivity contribution < 1.29 is 0 Å². The summed E-state index contributed by atoms with van der Waals surface area (Å²) in [5.41, 5.74) is 20.0. The van der Waals surface area contributed by atoms with E-state index in [1.54, 1.807) is 0 Å². The maximum atomic E-state index is 2.52. The Labute approximate surface area is 351 Å². The second-order valence-corrected chi connectivity index (χ2v) is 17.7. The molecular formula is C58H44N2. The van der Waals surface area contributed by atoms with E-state index in [-0.39, 0.29) is 10.8 Å². The summed E-state index contributed by atoms with van der Waals surface area (Å²) in [5, 5.41) is 4.99. The number of nitrogens with zero attached hydrogens (tertiary/aromatic N) is 2. The molecule has 1 heterocycles. The van der Waals surface area contributed by atoms with Crippen LogP contribution in [-0.4, -0.2) is 4.57 Å². The smallest absolute Gasteiger partial charge is 0.0543 e. The second-order valence-electron chi connectivity index (χ2n) is 17.7. The van der Waals surface area contributed by atoms with Gasteiger partial charge in [0.2, 0.25) is 0 Å². The molecule has 0 saturated heterocycles. The Bertz CT molecular complexity index is 3340. The van der Waals surface area contributed by atoms with Gasteiger partial charge in [0.25, 0.3) is 0 Å².